The standard InChI is InChI=1S/C14H20N2O/c1-11-13(10-16(2)8-5-9-17)12-6-3-4-7-14(12)15-11/h3-4,6-7,15,17H,5,8-10H2,1-2H3. The number of aromatic amines is 1. The highest BCUT2D eigenvalue weighted by molar-refractivity contribution is 5.84. The molecule has 17 heavy (non-hydrogen) atoms. The van der Waals surface area contributed by atoms with Crippen molar-refractivity contribution < 1.29 is 5.11 Å². The SMILES string of the molecule is Cc1[nH]c2ccccc2c1CN(C)CCCO. The van der Waals surface area contributed by atoms with Crippen molar-refractivity contribution in [3.05, 3.63) is 35.5 Å². The Hall–Kier alpha value is -1.32. The van der Waals surface area contributed by atoms with Gasteiger partial charge in [0.25, 0.3) is 0 Å². The lowest BCUT2D eigenvalue weighted by Crippen LogP contribution is -2.20. The molecule has 3 nitrogen and oxygen atoms in total. The Kier molecular flexibility index (Phi) is 3.82. The largest absolute Gasteiger partial charge is 0.396 e. The first-order chi connectivity index (χ1) is 8.22. The molecule has 92 valence electrons. The molecule has 0 unspecified atom stereocenters. The Morgan fingerprint density at radius 1 is 1.29 bits per heavy atom. The molecule has 0 spiro atoms. The van der Waals surface area contributed by atoms with Crippen LogP contribution in [0, 0.1) is 6.92 Å². The van der Waals surface area contributed by atoms with E-state index in [1.54, 1.807) is 0 Å². The first-order valence-electron chi connectivity index (χ1n) is 6.08. The number of aryl methyl sites for hydroxylation is 1. The molecule has 0 saturated heterocycles. The Morgan fingerprint density at radius 2 is 2.06 bits per heavy atom. The number of hydrogen-bond acceptors (Lipinski definition) is 2. The normalized spacial score (nSPS) is 11.5. The van der Waals surface area contributed by atoms with E-state index >= 15 is 0 Å². The van der Waals surface area contributed by atoms with Gasteiger partial charge in [-0.1, -0.05) is 18.2 Å². The van der Waals surface area contributed by atoms with Gasteiger partial charge >= 0.3 is 0 Å². The number of aliphatic hydroxyl groups is 1. The summed E-state index contributed by atoms with van der Waals surface area (Å²) in [7, 11) is 2.09. The van der Waals surface area contributed by atoms with Crippen molar-refractivity contribution in [1.82, 2.24) is 9.88 Å². The molecular weight excluding hydrogens is 212 g/mol. The van der Waals surface area contributed by atoms with Gasteiger partial charge in [0.05, 0.1) is 0 Å². The molecule has 0 aliphatic carbocycles. The molecule has 0 fully saturated rings. The maximum Gasteiger partial charge on any atom is 0.0459 e. The molecule has 1 heterocycles. The number of H-pyrrole nitrogens is 1. The summed E-state index contributed by atoms with van der Waals surface area (Å²) in [6.45, 7) is 4.23. The topological polar surface area (TPSA) is 39.3 Å². The van der Waals surface area contributed by atoms with Crippen LogP contribution in [0.5, 0.6) is 0 Å². The molecule has 0 atom stereocenters. The second kappa shape index (κ2) is 5.34. The van der Waals surface area contributed by atoms with E-state index in [1.165, 1.54) is 22.2 Å². The quantitative estimate of drug-likeness (QED) is 0.830. The maximum absolute atomic E-state index is 8.83. The number of aliphatic hydroxyl groups excluding tert-OH is 1. The van der Waals surface area contributed by atoms with Gasteiger partial charge in [-0.2, -0.15) is 0 Å². The molecule has 0 radical (unpaired) electrons. The van der Waals surface area contributed by atoms with Gasteiger partial charge in [0.1, 0.15) is 0 Å². The molecule has 1 aromatic heterocycles. The van der Waals surface area contributed by atoms with Gasteiger partial charge < -0.3 is 15.0 Å². The van der Waals surface area contributed by atoms with E-state index in [-0.39, 0.29) is 6.61 Å². The van der Waals surface area contributed by atoms with E-state index < -0.39 is 0 Å². The summed E-state index contributed by atoms with van der Waals surface area (Å²) in [4.78, 5) is 5.66. The highest BCUT2D eigenvalue weighted by Gasteiger charge is 2.09. The number of nitrogens with one attached hydrogen (secondary N) is 1. The Bertz CT molecular complexity index is 490. The fourth-order valence-corrected chi connectivity index (χ4v) is 2.23. The van der Waals surface area contributed by atoms with Crippen molar-refractivity contribution in [3.8, 4) is 0 Å². The zero-order valence-corrected chi connectivity index (χ0v) is 10.5. The maximum atomic E-state index is 8.83. The van der Waals surface area contributed by atoms with E-state index in [4.69, 9.17) is 5.11 Å². The van der Waals surface area contributed by atoms with Gasteiger partial charge in [-0.15, -0.1) is 0 Å². The Morgan fingerprint density at radius 3 is 2.82 bits per heavy atom. The summed E-state index contributed by atoms with van der Waals surface area (Å²) in [6.07, 6.45) is 0.831. The highest BCUT2D eigenvalue weighted by Crippen LogP contribution is 2.22. The summed E-state index contributed by atoms with van der Waals surface area (Å²) in [5.74, 6) is 0. The lowest BCUT2D eigenvalue weighted by molar-refractivity contribution is 0.244. The molecule has 0 aliphatic heterocycles. The van der Waals surface area contributed by atoms with Crippen molar-refractivity contribution in [2.24, 2.45) is 0 Å². The van der Waals surface area contributed by atoms with Crippen molar-refractivity contribution in [2.75, 3.05) is 20.2 Å². The van der Waals surface area contributed by atoms with Gasteiger partial charge in [0.2, 0.25) is 0 Å². The molecular formula is C14H20N2O. The number of fused-ring (bicyclic) bond motifs is 1. The summed E-state index contributed by atoms with van der Waals surface area (Å²) in [5, 5.41) is 10.1. The van der Waals surface area contributed by atoms with Gasteiger partial charge in [-0.3, -0.25) is 0 Å². The number of hydrogen-bond donors (Lipinski definition) is 2. The predicted molar refractivity (Wildman–Crippen MR) is 71.1 cm³/mol. The molecule has 3 heteroatoms. The number of aromatic nitrogens is 1. The summed E-state index contributed by atoms with van der Waals surface area (Å²) >= 11 is 0. The third kappa shape index (κ3) is 2.68. The zero-order valence-electron chi connectivity index (χ0n) is 10.5. The second-order valence-electron chi connectivity index (χ2n) is 4.59. The highest BCUT2D eigenvalue weighted by atomic mass is 16.3. The fraction of sp³-hybridized carbons (Fsp3) is 0.429. The van der Waals surface area contributed by atoms with E-state index in [9.17, 15) is 0 Å². The molecule has 1 aromatic carbocycles. The lowest BCUT2D eigenvalue weighted by atomic mass is 10.1. The molecule has 0 saturated carbocycles. The van der Waals surface area contributed by atoms with Crippen LogP contribution in [0.2, 0.25) is 0 Å². The Labute approximate surface area is 102 Å². The second-order valence-corrected chi connectivity index (χ2v) is 4.59. The predicted octanol–water partition coefficient (Wildman–Crippen LogP) is 2.29. The van der Waals surface area contributed by atoms with Gasteiger partial charge in [-0.05, 0) is 32.0 Å². The summed E-state index contributed by atoms with van der Waals surface area (Å²) in [6, 6.07) is 8.40. The fourth-order valence-electron chi connectivity index (χ4n) is 2.23. The van der Waals surface area contributed by atoms with Gasteiger partial charge in [0.15, 0.2) is 0 Å². The van der Waals surface area contributed by atoms with Gasteiger partial charge in [-0.25, -0.2) is 0 Å². The van der Waals surface area contributed by atoms with E-state index in [0.717, 1.165) is 19.5 Å². The van der Waals surface area contributed by atoms with E-state index in [1.807, 2.05) is 0 Å². The number of rotatable bonds is 5. The van der Waals surface area contributed by atoms with Crippen LogP contribution in [0.3, 0.4) is 0 Å². The minimum atomic E-state index is 0.261. The molecule has 0 aliphatic rings. The smallest absolute Gasteiger partial charge is 0.0459 e. The van der Waals surface area contributed by atoms with Crippen molar-refractivity contribution in [3.63, 3.8) is 0 Å². The molecule has 2 N–H and O–H groups in total. The minimum absolute atomic E-state index is 0.261. The van der Waals surface area contributed by atoms with Crippen LogP contribution < -0.4 is 0 Å². The van der Waals surface area contributed by atoms with E-state index in [2.05, 4.69) is 48.1 Å². The van der Waals surface area contributed by atoms with Crippen LogP contribution in [-0.4, -0.2) is 35.2 Å². The number of benzene rings is 1. The molecule has 2 aromatic rings. The monoisotopic (exact) mass is 232 g/mol. The molecule has 0 bridgehead atoms. The van der Waals surface area contributed by atoms with Gasteiger partial charge in [0, 0.05) is 36.3 Å². The zero-order chi connectivity index (χ0) is 12.3. The average molecular weight is 232 g/mol. The van der Waals surface area contributed by atoms with Crippen LogP contribution in [0.1, 0.15) is 17.7 Å². The Balaban J connectivity index is 2.20. The third-order valence-electron chi connectivity index (χ3n) is 3.15. The first-order valence-corrected chi connectivity index (χ1v) is 6.08. The number of nitrogens with zero attached hydrogens (tertiary/aromatic N) is 1. The van der Waals surface area contributed by atoms with Crippen LogP contribution in [-0.2, 0) is 6.54 Å². The van der Waals surface area contributed by atoms with Crippen LogP contribution >= 0.6 is 0 Å². The lowest BCUT2D eigenvalue weighted by Gasteiger charge is -2.16. The van der Waals surface area contributed by atoms with Crippen LogP contribution in [0.15, 0.2) is 24.3 Å². The minimum Gasteiger partial charge on any atom is -0.396 e. The average Bonchev–Trinajstić information content (AvgIpc) is 2.64. The third-order valence-corrected chi connectivity index (χ3v) is 3.15. The van der Waals surface area contributed by atoms with Crippen molar-refractivity contribution in [1.29, 1.82) is 0 Å². The summed E-state index contributed by atoms with van der Waals surface area (Å²) in [5.41, 5.74) is 3.80. The van der Waals surface area contributed by atoms with Crippen LogP contribution in [0.25, 0.3) is 10.9 Å². The first kappa shape index (κ1) is 12.1. The number of para-hydroxylation sites is 1. The molecule has 0 amide bonds. The van der Waals surface area contributed by atoms with E-state index in [0.29, 0.717) is 0 Å². The summed E-state index contributed by atoms with van der Waals surface area (Å²) < 4.78 is 0. The van der Waals surface area contributed by atoms with Crippen molar-refractivity contribution in [2.45, 2.75) is 19.9 Å². The van der Waals surface area contributed by atoms with Crippen molar-refractivity contribution >= 4 is 10.9 Å². The molecule has 2 rings (SSSR count). The van der Waals surface area contributed by atoms with Crippen LogP contribution in [0.4, 0.5) is 0 Å².